The molecule has 0 saturated carbocycles. The highest BCUT2D eigenvalue weighted by Crippen LogP contribution is 2.27. The highest BCUT2D eigenvalue weighted by atomic mass is 16.5. The van der Waals surface area contributed by atoms with Gasteiger partial charge in [0.1, 0.15) is 12.4 Å². The molecule has 0 bridgehead atoms. The first-order valence-corrected chi connectivity index (χ1v) is 10.4. The monoisotopic (exact) mass is 464 g/mol. The summed E-state index contributed by atoms with van der Waals surface area (Å²) in [5.41, 5.74) is 3.00. The topological polar surface area (TPSA) is 125 Å². The number of aromatic nitrogens is 4. The van der Waals surface area contributed by atoms with Crippen molar-refractivity contribution in [3.8, 4) is 17.2 Å². The average molecular weight is 464 g/mol. The Labute approximate surface area is 194 Å². The lowest BCUT2D eigenvalue weighted by Crippen LogP contribution is -2.29. The maximum atomic E-state index is 12.6. The van der Waals surface area contributed by atoms with Crippen LogP contribution in [-0.2, 0) is 13.6 Å². The molecule has 4 rings (SSSR count). The fourth-order valence-corrected chi connectivity index (χ4v) is 3.41. The molecular formula is C23H24N6O5. The SMILES string of the molecule is COc1ccc(C=NNc2nc3c(c(=O)[nH]c(=O)n3C)n2CCOc2ccccc2)cc1OC. The Kier molecular flexibility index (Phi) is 6.62. The fraction of sp³-hybridized carbons (Fsp3) is 0.217. The van der Waals surface area contributed by atoms with Gasteiger partial charge in [-0.2, -0.15) is 10.1 Å². The van der Waals surface area contributed by atoms with Crippen LogP contribution in [0.2, 0.25) is 0 Å². The average Bonchev–Trinajstić information content (AvgIpc) is 3.22. The van der Waals surface area contributed by atoms with Crippen LogP contribution in [0.3, 0.4) is 0 Å². The van der Waals surface area contributed by atoms with Crippen LogP contribution in [-0.4, -0.2) is 46.1 Å². The van der Waals surface area contributed by atoms with Crippen molar-refractivity contribution in [2.24, 2.45) is 12.1 Å². The smallest absolute Gasteiger partial charge is 0.329 e. The second-order valence-corrected chi connectivity index (χ2v) is 7.22. The summed E-state index contributed by atoms with van der Waals surface area (Å²) >= 11 is 0. The number of nitrogens with zero attached hydrogens (tertiary/aromatic N) is 4. The van der Waals surface area contributed by atoms with Gasteiger partial charge in [-0.25, -0.2) is 10.2 Å². The molecule has 0 spiro atoms. The number of hydrogen-bond acceptors (Lipinski definition) is 8. The fourth-order valence-electron chi connectivity index (χ4n) is 3.41. The lowest BCUT2D eigenvalue weighted by molar-refractivity contribution is 0.301. The number of anilines is 1. The molecular weight excluding hydrogens is 440 g/mol. The van der Waals surface area contributed by atoms with Crippen molar-refractivity contribution in [3.05, 3.63) is 74.9 Å². The summed E-state index contributed by atoms with van der Waals surface area (Å²) in [6.45, 7) is 0.562. The van der Waals surface area contributed by atoms with Gasteiger partial charge in [0.2, 0.25) is 5.95 Å². The van der Waals surface area contributed by atoms with E-state index in [1.54, 1.807) is 37.1 Å². The molecule has 4 aromatic rings. The molecule has 2 aromatic heterocycles. The van der Waals surface area contributed by atoms with Crippen LogP contribution in [0.1, 0.15) is 5.56 Å². The third-order valence-electron chi connectivity index (χ3n) is 5.12. The minimum Gasteiger partial charge on any atom is -0.493 e. The summed E-state index contributed by atoms with van der Waals surface area (Å²) in [5.74, 6) is 2.16. The van der Waals surface area contributed by atoms with Gasteiger partial charge in [0.05, 0.1) is 27.0 Å². The molecule has 2 N–H and O–H groups in total. The van der Waals surface area contributed by atoms with E-state index < -0.39 is 11.2 Å². The number of fused-ring (bicyclic) bond motifs is 1. The Balaban J connectivity index is 1.63. The van der Waals surface area contributed by atoms with Gasteiger partial charge in [0, 0.05) is 7.05 Å². The molecule has 0 fully saturated rings. The van der Waals surface area contributed by atoms with Crippen LogP contribution in [0, 0.1) is 0 Å². The molecule has 0 aliphatic rings. The van der Waals surface area contributed by atoms with Crippen LogP contribution in [0.15, 0.2) is 63.2 Å². The number of nitrogens with one attached hydrogen (secondary N) is 2. The van der Waals surface area contributed by atoms with E-state index in [2.05, 4.69) is 20.5 Å². The maximum absolute atomic E-state index is 12.6. The Morgan fingerprint density at radius 1 is 1.09 bits per heavy atom. The molecule has 11 nitrogen and oxygen atoms in total. The van der Waals surface area contributed by atoms with Gasteiger partial charge in [-0.1, -0.05) is 18.2 Å². The van der Waals surface area contributed by atoms with Crippen molar-refractivity contribution < 1.29 is 14.2 Å². The molecule has 176 valence electrons. The second-order valence-electron chi connectivity index (χ2n) is 7.22. The summed E-state index contributed by atoms with van der Waals surface area (Å²) in [7, 11) is 4.65. The number of rotatable bonds is 9. The molecule has 2 aromatic carbocycles. The van der Waals surface area contributed by atoms with E-state index in [0.717, 1.165) is 5.56 Å². The van der Waals surface area contributed by atoms with Crippen LogP contribution >= 0.6 is 0 Å². The lowest BCUT2D eigenvalue weighted by atomic mass is 10.2. The van der Waals surface area contributed by atoms with Gasteiger partial charge in [-0.05, 0) is 35.9 Å². The minimum absolute atomic E-state index is 0.234. The number of hydrogen-bond donors (Lipinski definition) is 2. The largest absolute Gasteiger partial charge is 0.493 e. The molecule has 0 aliphatic carbocycles. The number of aromatic amines is 1. The van der Waals surface area contributed by atoms with Gasteiger partial charge < -0.3 is 14.2 Å². The van der Waals surface area contributed by atoms with Crippen LogP contribution in [0.25, 0.3) is 11.2 Å². The molecule has 0 amide bonds. The van der Waals surface area contributed by atoms with Crippen LogP contribution in [0.5, 0.6) is 17.2 Å². The number of para-hydroxylation sites is 1. The number of aryl methyl sites for hydroxylation is 1. The maximum Gasteiger partial charge on any atom is 0.329 e. The first kappa shape index (κ1) is 22.6. The highest BCUT2D eigenvalue weighted by Gasteiger charge is 2.17. The van der Waals surface area contributed by atoms with Gasteiger partial charge in [0.15, 0.2) is 22.7 Å². The predicted octanol–water partition coefficient (Wildman–Crippen LogP) is 1.97. The number of methoxy groups -OCH3 is 2. The van der Waals surface area contributed by atoms with E-state index >= 15 is 0 Å². The van der Waals surface area contributed by atoms with Crippen molar-refractivity contribution in [2.45, 2.75) is 6.54 Å². The molecule has 0 radical (unpaired) electrons. The van der Waals surface area contributed by atoms with E-state index in [4.69, 9.17) is 14.2 Å². The van der Waals surface area contributed by atoms with Gasteiger partial charge in [0.25, 0.3) is 5.56 Å². The summed E-state index contributed by atoms with van der Waals surface area (Å²) in [4.78, 5) is 31.4. The van der Waals surface area contributed by atoms with E-state index in [1.807, 2.05) is 36.4 Å². The van der Waals surface area contributed by atoms with Gasteiger partial charge in [-0.3, -0.25) is 18.9 Å². The van der Waals surface area contributed by atoms with Crippen molar-refractivity contribution in [2.75, 3.05) is 26.3 Å². The number of imidazole rings is 1. The summed E-state index contributed by atoms with van der Waals surface area (Å²) in [6.07, 6.45) is 1.58. The number of H-pyrrole nitrogens is 1. The summed E-state index contributed by atoms with van der Waals surface area (Å²) in [6, 6.07) is 14.7. The molecule has 0 atom stereocenters. The Hall–Kier alpha value is -4.54. The van der Waals surface area contributed by atoms with E-state index in [9.17, 15) is 9.59 Å². The molecule has 2 heterocycles. The summed E-state index contributed by atoms with van der Waals surface area (Å²) in [5, 5.41) is 4.25. The Bertz CT molecular complexity index is 1440. The number of ether oxygens (including phenoxy) is 3. The zero-order chi connectivity index (χ0) is 24.1. The second kappa shape index (κ2) is 9.94. The number of benzene rings is 2. The lowest BCUT2D eigenvalue weighted by Gasteiger charge is -2.10. The van der Waals surface area contributed by atoms with Crippen LogP contribution in [0.4, 0.5) is 5.95 Å². The quantitative estimate of drug-likeness (QED) is 0.287. The molecule has 34 heavy (non-hydrogen) atoms. The van der Waals surface area contributed by atoms with Crippen molar-refractivity contribution in [1.82, 2.24) is 19.1 Å². The van der Waals surface area contributed by atoms with Crippen LogP contribution < -0.4 is 30.9 Å². The molecule has 0 saturated heterocycles. The third kappa shape index (κ3) is 4.63. The molecule has 0 aliphatic heterocycles. The predicted molar refractivity (Wildman–Crippen MR) is 128 cm³/mol. The van der Waals surface area contributed by atoms with Crippen molar-refractivity contribution in [3.63, 3.8) is 0 Å². The zero-order valence-corrected chi connectivity index (χ0v) is 18.9. The first-order valence-electron chi connectivity index (χ1n) is 10.4. The van der Waals surface area contributed by atoms with Gasteiger partial charge in [-0.15, -0.1) is 0 Å². The third-order valence-corrected chi connectivity index (χ3v) is 5.12. The molecule has 0 unspecified atom stereocenters. The van der Waals surface area contributed by atoms with Gasteiger partial charge >= 0.3 is 5.69 Å². The first-order chi connectivity index (χ1) is 16.5. The Morgan fingerprint density at radius 3 is 2.59 bits per heavy atom. The zero-order valence-electron chi connectivity index (χ0n) is 18.9. The van der Waals surface area contributed by atoms with E-state index in [1.165, 1.54) is 11.6 Å². The van der Waals surface area contributed by atoms with Crippen molar-refractivity contribution in [1.29, 1.82) is 0 Å². The number of hydrazone groups is 1. The Morgan fingerprint density at radius 2 is 1.85 bits per heavy atom. The van der Waals surface area contributed by atoms with E-state index in [0.29, 0.717) is 23.8 Å². The normalized spacial score (nSPS) is 11.1. The van der Waals surface area contributed by atoms with E-state index in [-0.39, 0.29) is 23.7 Å². The van der Waals surface area contributed by atoms with Crippen molar-refractivity contribution >= 4 is 23.3 Å². The highest BCUT2D eigenvalue weighted by molar-refractivity contribution is 5.81. The molecule has 11 heteroatoms. The summed E-state index contributed by atoms with van der Waals surface area (Å²) < 4.78 is 19.2. The minimum atomic E-state index is -0.553. The standard InChI is InChI=1S/C23H24N6O5/c1-28-20-19(21(30)26-23(28)31)29(11-12-34-16-7-5-4-6-8-16)22(25-20)27-24-14-15-9-10-17(32-2)18(13-15)33-3/h4-10,13-14H,11-12H2,1-3H3,(H,25,27)(H,26,30,31).